The number of likely N-dealkylation sites (N-methyl/N-ethyl adjacent to an activating group) is 1. The van der Waals surface area contributed by atoms with Crippen LogP contribution in [0.15, 0.2) is 53.5 Å². The summed E-state index contributed by atoms with van der Waals surface area (Å²) in [6.45, 7) is 3.59. The van der Waals surface area contributed by atoms with Gasteiger partial charge in [0.25, 0.3) is 6.01 Å². The Morgan fingerprint density at radius 2 is 1.81 bits per heavy atom. The van der Waals surface area contributed by atoms with Gasteiger partial charge in [-0.15, -0.1) is 0 Å². The number of oxazole rings is 1. The second-order valence-corrected chi connectivity index (χ2v) is 8.04. The number of carbonyl (C=O) groups excluding carboxylic acids is 1. The van der Waals surface area contributed by atoms with E-state index in [4.69, 9.17) is 4.42 Å². The molecule has 1 aromatic carbocycles. The quantitative estimate of drug-likeness (QED) is 0.463. The molecular weight excluding hydrogens is 392 g/mol. The minimum Gasteiger partial charge on any atom is -0.420 e. The highest BCUT2D eigenvalue weighted by atomic mass is 16.4. The summed E-state index contributed by atoms with van der Waals surface area (Å²) in [5, 5.41) is 6.31. The number of aromatic nitrogens is 4. The number of pyridine rings is 1. The molecule has 8 nitrogen and oxygen atoms in total. The lowest BCUT2D eigenvalue weighted by Crippen LogP contribution is -2.44. The fourth-order valence-electron chi connectivity index (χ4n) is 3.82. The maximum absolute atomic E-state index is 12.8. The zero-order valence-electron chi connectivity index (χ0n) is 17.7. The van der Waals surface area contributed by atoms with Crippen molar-refractivity contribution < 1.29 is 9.21 Å². The van der Waals surface area contributed by atoms with Crippen molar-refractivity contribution in [2.24, 2.45) is 7.05 Å². The first-order valence-electron chi connectivity index (χ1n) is 10.4. The van der Waals surface area contributed by atoms with Gasteiger partial charge in [-0.3, -0.25) is 14.5 Å². The van der Waals surface area contributed by atoms with Gasteiger partial charge in [-0.1, -0.05) is 12.1 Å². The molecule has 5 rings (SSSR count). The van der Waals surface area contributed by atoms with Gasteiger partial charge in [0, 0.05) is 62.3 Å². The molecule has 1 fully saturated rings. The first kappa shape index (κ1) is 19.4. The molecule has 0 unspecified atom stereocenters. The molecule has 3 aromatic heterocycles. The van der Waals surface area contributed by atoms with Crippen molar-refractivity contribution in [2.75, 3.05) is 38.1 Å². The van der Waals surface area contributed by atoms with E-state index in [0.29, 0.717) is 11.7 Å². The number of piperazine rings is 1. The largest absolute Gasteiger partial charge is 0.420 e. The highest BCUT2D eigenvalue weighted by Gasteiger charge is 2.21. The van der Waals surface area contributed by atoms with E-state index in [1.165, 1.54) is 6.20 Å². The molecule has 0 N–H and O–H groups in total. The average molecular weight is 416 g/mol. The summed E-state index contributed by atoms with van der Waals surface area (Å²) >= 11 is 0. The van der Waals surface area contributed by atoms with Crippen molar-refractivity contribution in [3.05, 3.63) is 60.5 Å². The molecular formula is C23H24N6O2. The average Bonchev–Trinajstić information content (AvgIpc) is 3.43. The van der Waals surface area contributed by atoms with Gasteiger partial charge in [-0.25, -0.2) is 4.98 Å². The van der Waals surface area contributed by atoms with Gasteiger partial charge in [-0.05, 0) is 30.1 Å². The molecule has 0 radical (unpaired) electrons. The molecule has 31 heavy (non-hydrogen) atoms. The zero-order valence-corrected chi connectivity index (χ0v) is 17.7. The Balaban J connectivity index is 1.33. The van der Waals surface area contributed by atoms with Crippen molar-refractivity contribution in [2.45, 2.75) is 6.42 Å². The van der Waals surface area contributed by atoms with Crippen LogP contribution in [0.1, 0.15) is 16.2 Å². The molecule has 8 heteroatoms. The van der Waals surface area contributed by atoms with Gasteiger partial charge >= 0.3 is 0 Å². The molecule has 0 atom stereocenters. The van der Waals surface area contributed by atoms with Gasteiger partial charge in [0.2, 0.25) is 5.78 Å². The summed E-state index contributed by atoms with van der Waals surface area (Å²) < 4.78 is 7.55. The van der Waals surface area contributed by atoms with Crippen molar-refractivity contribution in [3.8, 4) is 11.1 Å². The van der Waals surface area contributed by atoms with Crippen LogP contribution in [-0.2, 0) is 13.5 Å². The van der Waals surface area contributed by atoms with E-state index in [2.05, 4.69) is 44.0 Å². The minimum atomic E-state index is -0.122. The third-order valence-electron chi connectivity index (χ3n) is 5.70. The van der Waals surface area contributed by atoms with E-state index in [0.717, 1.165) is 48.1 Å². The van der Waals surface area contributed by atoms with Crippen LogP contribution in [0.25, 0.3) is 21.9 Å². The number of aryl methyl sites for hydroxylation is 1. The molecule has 0 saturated carbocycles. The third kappa shape index (κ3) is 4.06. The lowest BCUT2D eigenvalue weighted by Gasteiger charge is -2.31. The van der Waals surface area contributed by atoms with Crippen LogP contribution in [0.5, 0.6) is 0 Å². The molecule has 1 aliphatic rings. The maximum Gasteiger partial charge on any atom is 0.297 e. The van der Waals surface area contributed by atoms with Crippen molar-refractivity contribution >= 4 is 22.6 Å². The van der Waals surface area contributed by atoms with Crippen molar-refractivity contribution in [1.29, 1.82) is 0 Å². The number of benzene rings is 1. The standard InChI is InChI=1S/C23H24N6O2/c1-27-5-7-29(8-6-27)23-25-14-22(31-23)21(30)11-20-10-18-9-16(3-4-17(18)12-24-20)19-13-26-28(2)15-19/h3-4,9-10,12-15H,5-8,11H2,1-2H3. The summed E-state index contributed by atoms with van der Waals surface area (Å²) in [7, 11) is 3.99. The van der Waals surface area contributed by atoms with Crippen molar-refractivity contribution in [1.82, 2.24) is 24.6 Å². The lowest BCUT2D eigenvalue weighted by atomic mass is 10.0. The Morgan fingerprint density at radius 1 is 0.968 bits per heavy atom. The Labute approximate surface area is 180 Å². The van der Waals surface area contributed by atoms with E-state index in [1.807, 2.05) is 31.6 Å². The van der Waals surface area contributed by atoms with Crippen molar-refractivity contribution in [3.63, 3.8) is 0 Å². The van der Waals surface area contributed by atoms with E-state index in [-0.39, 0.29) is 18.0 Å². The zero-order chi connectivity index (χ0) is 21.4. The van der Waals surface area contributed by atoms with Gasteiger partial charge in [0.1, 0.15) is 0 Å². The smallest absolute Gasteiger partial charge is 0.297 e. The summed E-state index contributed by atoms with van der Waals surface area (Å²) in [4.78, 5) is 25.9. The number of hydrogen-bond acceptors (Lipinski definition) is 7. The van der Waals surface area contributed by atoms with Crippen LogP contribution in [0, 0.1) is 0 Å². The van der Waals surface area contributed by atoms with Crippen LogP contribution in [0.4, 0.5) is 6.01 Å². The van der Waals surface area contributed by atoms with Gasteiger partial charge in [0.15, 0.2) is 5.76 Å². The Bertz CT molecular complexity index is 1240. The molecule has 0 amide bonds. The Hall–Kier alpha value is -3.52. The van der Waals surface area contributed by atoms with E-state index in [9.17, 15) is 4.79 Å². The summed E-state index contributed by atoms with van der Waals surface area (Å²) in [6, 6.07) is 8.67. The minimum absolute atomic E-state index is 0.122. The van der Waals surface area contributed by atoms with Crippen LogP contribution < -0.4 is 4.90 Å². The second kappa shape index (κ2) is 7.96. The number of rotatable bonds is 5. The number of Topliss-reactive ketones (excluding diaryl/α,β-unsaturated/α-hetero) is 1. The van der Waals surface area contributed by atoms with Gasteiger partial charge in [0.05, 0.1) is 18.8 Å². The van der Waals surface area contributed by atoms with E-state index in [1.54, 1.807) is 10.9 Å². The fourth-order valence-corrected chi connectivity index (χ4v) is 3.82. The fraction of sp³-hybridized carbons (Fsp3) is 0.304. The number of carbonyl (C=O) groups is 1. The molecule has 4 heterocycles. The third-order valence-corrected chi connectivity index (χ3v) is 5.70. The second-order valence-electron chi connectivity index (χ2n) is 8.04. The summed E-state index contributed by atoms with van der Waals surface area (Å²) in [5.74, 6) is 0.156. The highest BCUT2D eigenvalue weighted by molar-refractivity contribution is 5.95. The molecule has 1 aliphatic heterocycles. The number of nitrogens with zero attached hydrogens (tertiary/aromatic N) is 6. The Morgan fingerprint density at radius 3 is 2.58 bits per heavy atom. The first-order valence-corrected chi connectivity index (χ1v) is 10.4. The lowest BCUT2D eigenvalue weighted by molar-refractivity contribution is 0.0965. The SMILES string of the molecule is CN1CCN(c2ncc(C(=O)Cc3cc4cc(-c5cnn(C)c5)ccc4cn3)o2)CC1. The monoisotopic (exact) mass is 416 g/mol. The topological polar surface area (TPSA) is 80.3 Å². The molecule has 1 saturated heterocycles. The normalized spacial score (nSPS) is 15.0. The molecule has 0 spiro atoms. The number of hydrogen-bond donors (Lipinski definition) is 0. The molecule has 158 valence electrons. The molecule has 4 aromatic rings. The van der Waals surface area contributed by atoms with Crippen LogP contribution in [0.3, 0.4) is 0 Å². The molecule has 0 aliphatic carbocycles. The van der Waals surface area contributed by atoms with Crippen LogP contribution in [-0.4, -0.2) is 63.7 Å². The van der Waals surface area contributed by atoms with Gasteiger partial charge < -0.3 is 14.2 Å². The Kier molecular flexibility index (Phi) is 4.99. The number of fused-ring (bicyclic) bond motifs is 1. The van der Waals surface area contributed by atoms with E-state index >= 15 is 0 Å². The van der Waals surface area contributed by atoms with Gasteiger partial charge in [-0.2, -0.15) is 5.10 Å². The molecule has 0 bridgehead atoms. The predicted molar refractivity (Wildman–Crippen MR) is 118 cm³/mol. The predicted octanol–water partition coefficient (Wildman–Crippen LogP) is 2.80. The first-order chi connectivity index (χ1) is 15.0. The highest BCUT2D eigenvalue weighted by Crippen LogP contribution is 2.25. The maximum atomic E-state index is 12.8. The number of ketones is 1. The van der Waals surface area contributed by atoms with Crippen LogP contribution >= 0.6 is 0 Å². The van der Waals surface area contributed by atoms with Crippen LogP contribution in [0.2, 0.25) is 0 Å². The summed E-state index contributed by atoms with van der Waals surface area (Å²) in [6.07, 6.45) is 7.33. The van der Waals surface area contributed by atoms with E-state index < -0.39 is 0 Å². The summed E-state index contributed by atoms with van der Waals surface area (Å²) in [5.41, 5.74) is 2.84. The number of anilines is 1.